The number of aliphatic carboxylic acids is 1. The van der Waals surface area contributed by atoms with Gasteiger partial charge >= 0.3 is 5.97 Å². The summed E-state index contributed by atoms with van der Waals surface area (Å²) in [4.78, 5) is 10.3. The summed E-state index contributed by atoms with van der Waals surface area (Å²) < 4.78 is 0. The summed E-state index contributed by atoms with van der Waals surface area (Å²) in [6.45, 7) is 2.30. The van der Waals surface area contributed by atoms with Crippen molar-refractivity contribution < 1.29 is 9.90 Å². The van der Waals surface area contributed by atoms with E-state index in [0.717, 1.165) is 12.8 Å². The molecule has 0 rings (SSSR count). The van der Waals surface area contributed by atoms with E-state index in [1.165, 1.54) is 212 Å². The molecule has 41 heavy (non-hydrogen) atoms. The van der Waals surface area contributed by atoms with Gasteiger partial charge in [0.25, 0.3) is 0 Å². The second-order valence-corrected chi connectivity index (χ2v) is 13.0. The number of carboxylic acid groups (broad SMARTS) is 1. The van der Waals surface area contributed by atoms with E-state index in [1.807, 2.05) is 0 Å². The Morgan fingerprint density at radius 3 is 0.756 bits per heavy atom. The molecule has 0 aromatic carbocycles. The molecule has 242 valence electrons. The van der Waals surface area contributed by atoms with E-state index in [0.29, 0.717) is 0 Å². The van der Waals surface area contributed by atoms with Crippen LogP contribution in [-0.4, -0.2) is 11.1 Å². The van der Waals surface area contributed by atoms with Crippen molar-refractivity contribution in [1.82, 2.24) is 0 Å². The zero-order valence-corrected chi connectivity index (χ0v) is 28.1. The lowest BCUT2D eigenvalue weighted by Gasteiger charge is -2.05. The molecule has 0 aromatic rings. The maximum Gasteiger partial charge on any atom is 0.381 e. The lowest BCUT2D eigenvalue weighted by molar-refractivity contribution is -0.130. The van der Waals surface area contributed by atoms with E-state index in [4.69, 9.17) is 5.11 Å². The Balaban J connectivity index is 3.05. The van der Waals surface area contributed by atoms with Crippen LogP contribution in [-0.2, 0) is 4.79 Å². The fourth-order valence-electron chi connectivity index (χ4n) is 6.08. The van der Waals surface area contributed by atoms with Crippen molar-refractivity contribution >= 4 is 5.97 Å². The highest BCUT2D eigenvalue weighted by Crippen LogP contribution is 2.17. The molecular formula is C39H74O2. The van der Waals surface area contributed by atoms with Crippen LogP contribution < -0.4 is 0 Å². The summed E-state index contributed by atoms with van der Waals surface area (Å²) >= 11 is 0. The highest BCUT2D eigenvalue weighted by atomic mass is 16.4. The van der Waals surface area contributed by atoms with Crippen LogP contribution in [0.2, 0.25) is 0 Å². The molecule has 0 saturated carbocycles. The van der Waals surface area contributed by atoms with Crippen LogP contribution in [0.4, 0.5) is 0 Å². The molecule has 0 unspecified atom stereocenters. The highest BCUT2D eigenvalue weighted by Gasteiger charge is 1.97. The molecule has 2 nitrogen and oxygen atoms in total. The molecule has 0 spiro atoms. The van der Waals surface area contributed by atoms with Gasteiger partial charge in [0, 0.05) is 12.3 Å². The molecular weight excluding hydrogens is 500 g/mol. The SMILES string of the molecule is CCCCCCCCCCCCCCCCCCCCCCCCCCCCCCCCCCCCC#CC(=O)O. The molecule has 2 heteroatoms. The van der Waals surface area contributed by atoms with Crippen LogP contribution in [0.1, 0.15) is 232 Å². The zero-order valence-electron chi connectivity index (χ0n) is 28.1. The van der Waals surface area contributed by atoms with Gasteiger partial charge in [0.15, 0.2) is 0 Å². The fourth-order valence-corrected chi connectivity index (χ4v) is 6.08. The normalized spacial score (nSPS) is 11.0. The molecule has 0 saturated heterocycles. The minimum Gasteiger partial charge on any atom is -0.472 e. The third kappa shape index (κ3) is 39.0. The van der Waals surface area contributed by atoms with Crippen molar-refractivity contribution in [2.45, 2.75) is 232 Å². The zero-order chi connectivity index (χ0) is 29.7. The number of hydrogen-bond donors (Lipinski definition) is 1. The van der Waals surface area contributed by atoms with E-state index in [2.05, 4.69) is 18.8 Å². The van der Waals surface area contributed by atoms with Gasteiger partial charge in [-0.25, -0.2) is 4.79 Å². The largest absolute Gasteiger partial charge is 0.472 e. The fraction of sp³-hybridized carbons (Fsp3) is 0.923. The predicted molar refractivity (Wildman–Crippen MR) is 183 cm³/mol. The molecule has 0 aromatic heterocycles. The molecule has 1 N–H and O–H groups in total. The first-order chi connectivity index (χ1) is 20.3. The summed E-state index contributed by atoms with van der Waals surface area (Å²) in [5.41, 5.74) is 0. The summed E-state index contributed by atoms with van der Waals surface area (Å²) in [6.07, 6.45) is 49.2. The Labute approximate surface area is 259 Å². The molecule has 0 heterocycles. The van der Waals surface area contributed by atoms with Crippen LogP contribution in [0.25, 0.3) is 0 Å². The lowest BCUT2D eigenvalue weighted by Crippen LogP contribution is -1.86. The number of rotatable bonds is 34. The summed E-state index contributed by atoms with van der Waals surface area (Å²) in [5.74, 6) is 3.89. The molecule has 0 radical (unpaired) electrons. The standard InChI is InChI=1S/C39H74O2/c1-2-3-4-5-6-7-8-9-10-11-12-13-14-15-16-17-18-19-20-21-22-23-24-25-26-27-28-29-30-31-32-33-34-35-36-37-38-39(40)41/h2-36H2,1H3,(H,40,41). The van der Waals surface area contributed by atoms with Crippen molar-refractivity contribution in [3.8, 4) is 11.8 Å². The second kappa shape index (κ2) is 37.1. The Bertz CT molecular complexity index is 558. The monoisotopic (exact) mass is 575 g/mol. The summed E-state index contributed by atoms with van der Waals surface area (Å²) in [5, 5.41) is 8.46. The Morgan fingerprint density at radius 2 is 0.561 bits per heavy atom. The van der Waals surface area contributed by atoms with Crippen molar-refractivity contribution in [2.24, 2.45) is 0 Å². The van der Waals surface area contributed by atoms with Gasteiger partial charge in [-0.15, -0.1) is 0 Å². The van der Waals surface area contributed by atoms with Crippen LogP contribution in [0.5, 0.6) is 0 Å². The van der Waals surface area contributed by atoms with Gasteiger partial charge < -0.3 is 5.11 Å². The van der Waals surface area contributed by atoms with E-state index in [1.54, 1.807) is 0 Å². The first-order valence-electron chi connectivity index (χ1n) is 19.0. The van der Waals surface area contributed by atoms with Crippen LogP contribution in [0.3, 0.4) is 0 Å². The van der Waals surface area contributed by atoms with Gasteiger partial charge in [-0.1, -0.05) is 225 Å². The third-order valence-electron chi connectivity index (χ3n) is 8.85. The molecule has 0 aliphatic carbocycles. The highest BCUT2D eigenvalue weighted by molar-refractivity contribution is 5.86. The summed E-state index contributed by atoms with van der Waals surface area (Å²) in [6, 6.07) is 0. The molecule has 0 aliphatic rings. The van der Waals surface area contributed by atoms with Gasteiger partial charge in [-0.2, -0.15) is 0 Å². The maximum absolute atomic E-state index is 10.3. The van der Waals surface area contributed by atoms with E-state index in [9.17, 15) is 4.79 Å². The predicted octanol–water partition coefficient (Wildman–Crippen LogP) is 13.7. The molecule has 0 fully saturated rings. The van der Waals surface area contributed by atoms with Crippen LogP contribution in [0.15, 0.2) is 0 Å². The lowest BCUT2D eigenvalue weighted by atomic mass is 10.0. The first kappa shape index (κ1) is 40.0. The van der Waals surface area contributed by atoms with Crippen LogP contribution in [0, 0.1) is 11.8 Å². The molecule has 0 bridgehead atoms. The van der Waals surface area contributed by atoms with Gasteiger partial charge in [-0.05, 0) is 6.42 Å². The average molecular weight is 575 g/mol. The van der Waals surface area contributed by atoms with Gasteiger partial charge in [0.05, 0.1) is 0 Å². The Kier molecular flexibility index (Phi) is 36.2. The topological polar surface area (TPSA) is 37.3 Å². The van der Waals surface area contributed by atoms with Gasteiger partial charge in [0.1, 0.15) is 0 Å². The molecule has 0 amide bonds. The van der Waals surface area contributed by atoms with Crippen molar-refractivity contribution in [3.05, 3.63) is 0 Å². The number of carboxylic acids is 1. The third-order valence-corrected chi connectivity index (χ3v) is 8.85. The minimum absolute atomic E-state index is 0.728. The summed E-state index contributed by atoms with van der Waals surface area (Å²) in [7, 11) is 0. The molecule has 0 atom stereocenters. The minimum atomic E-state index is -1.01. The van der Waals surface area contributed by atoms with E-state index < -0.39 is 5.97 Å². The van der Waals surface area contributed by atoms with Gasteiger partial charge in [-0.3, -0.25) is 0 Å². The van der Waals surface area contributed by atoms with Crippen molar-refractivity contribution in [2.75, 3.05) is 0 Å². The smallest absolute Gasteiger partial charge is 0.381 e. The first-order valence-corrected chi connectivity index (χ1v) is 19.0. The van der Waals surface area contributed by atoms with Crippen molar-refractivity contribution in [3.63, 3.8) is 0 Å². The average Bonchev–Trinajstić information content (AvgIpc) is 2.97. The molecule has 0 aliphatic heterocycles. The maximum atomic E-state index is 10.3. The quantitative estimate of drug-likeness (QED) is 0.0613. The second-order valence-electron chi connectivity index (χ2n) is 13.0. The van der Waals surface area contributed by atoms with Crippen molar-refractivity contribution in [1.29, 1.82) is 0 Å². The van der Waals surface area contributed by atoms with Gasteiger partial charge in [0.2, 0.25) is 0 Å². The Morgan fingerprint density at radius 1 is 0.366 bits per heavy atom. The Hall–Kier alpha value is -0.970. The van der Waals surface area contributed by atoms with Crippen LogP contribution >= 0.6 is 0 Å². The van der Waals surface area contributed by atoms with E-state index in [-0.39, 0.29) is 0 Å². The number of carbonyl (C=O) groups is 1. The van der Waals surface area contributed by atoms with E-state index >= 15 is 0 Å². The number of unbranched alkanes of at least 4 members (excludes halogenated alkanes) is 34. The number of hydrogen-bond acceptors (Lipinski definition) is 1.